The van der Waals surface area contributed by atoms with Gasteiger partial charge in [0.25, 0.3) is 5.56 Å². The van der Waals surface area contributed by atoms with Crippen molar-refractivity contribution >= 4 is 21.6 Å². The van der Waals surface area contributed by atoms with E-state index in [9.17, 15) is 4.79 Å². The van der Waals surface area contributed by atoms with E-state index < -0.39 is 0 Å². The highest BCUT2D eigenvalue weighted by Crippen LogP contribution is 2.31. The summed E-state index contributed by atoms with van der Waals surface area (Å²) in [5.74, 6) is 1.47. The fraction of sp³-hybridized carbons (Fsp3) is 0.733. The highest BCUT2D eigenvalue weighted by Gasteiger charge is 2.24. The molecule has 0 bridgehead atoms. The van der Waals surface area contributed by atoms with E-state index in [0.29, 0.717) is 10.5 Å². The lowest BCUT2D eigenvalue weighted by Crippen LogP contribution is -2.32. The molecule has 1 aliphatic carbocycles. The number of rotatable bonds is 3. The maximum atomic E-state index is 12.2. The van der Waals surface area contributed by atoms with E-state index in [2.05, 4.69) is 40.2 Å². The van der Waals surface area contributed by atoms with E-state index in [-0.39, 0.29) is 11.6 Å². The van der Waals surface area contributed by atoms with Crippen molar-refractivity contribution in [3.8, 4) is 0 Å². The van der Waals surface area contributed by atoms with Crippen LogP contribution in [0.25, 0.3) is 0 Å². The van der Waals surface area contributed by atoms with Gasteiger partial charge in [-0.1, -0.05) is 13.8 Å². The van der Waals surface area contributed by atoms with Crippen LogP contribution in [0.4, 0.5) is 5.69 Å². The zero-order valence-corrected chi connectivity index (χ0v) is 14.3. The second-order valence-corrected chi connectivity index (χ2v) is 7.27. The standard InChI is InChI=1S/C15H24BrN3O/c1-9(2)19-15(20)14(16)13(8-17-19)18-12-6-10(3)5-11(4)7-12/h8-12,18H,5-7H2,1-4H3. The third-order valence-corrected chi connectivity index (χ3v) is 4.74. The molecule has 0 amide bonds. The highest BCUT2D eigenvalue weighted by atomic mass is 79.9. The Balaban J connectivity index is 2.18. The molecular weight excluding hydrogens is 318 g/mol. The molecule has 4 nitrogen and oxygen atoms in total. The molecule has 1 aromatic heterocycles. The number of hydrogen-bond acceptors (Lipinski definition) is 3. The average molecular weight is 342 g/mol. The lowest BCUT2D eigenvalue weighted by Gasteiger charge is -2.32. The van der Waals surface area contributed by atoms with Gasteiger partial charge in [-0.2, -0.15) is 5.10 Å². The third-order valence-electron chi connectivity index (χ3n) is 3.97. The van der Waals surface area contributed by atoms with Gasteiger partial charge in [-0.15, -0.1) is 0 Å². The summed E-state index contributed by atoms with van der Waals surface area (Å²) in [5, 5.41) is 7.75. The summed E-state index contributed by atoms with van der Waals surface area (Å²) < 4.78 is 2.09. The Morgan fingerprint density at radius 3 is 2.45 bits per heavy atom. The predicted molar refractivity (Wildman–Crippen MR) is 86.2 cm³/mol. The van der Waals surface area contributed by atoms with Crippen molar-refractivity contribution in [3.05, 3.63) is 21.0 Å². The van der Waals surface area contributed by atoms with Gasteiger partial charge < -0.3 is 5.32 Å². The molecule has 0 radical (unpaired) electrons. The summed E-state index contributed by atoms with van der Waals surface area (Å²) in [6.45, 7) is 8.51. The van der Waals surface area contributed by atoms with E-state index in [1.54, 1.807) is 6.20 Å². The molecule has 2 unspecified atom stereocenters. The normalized spacial score (nSPS) is 26.8. The topological polar surface area (TPSA) is 46.9 Å². The summed E-state index contributed by atoms with van der Waals surface area (Å²) in [5.41, 5.74) is 0.750. The predicted octanol–water partition coefficient (Wildman–Crippen LogP) is 3.82. The van der Waals surface area contributed by atoms with Crippen LogP contribution in [0.5, 0.6) is 0 Å². The van der Waals surface area contributed by atoms with Crippen molar-refractivity contribution < 1.29 is 0 Å². The Bertz CT molecular complexity index is 516. The summed E-state index contributed by atoms with van der Waals surface area (Å²) in [6.07, 6.45) is 5.37. The van der Waals surface area contributed by atoms with Crippen molar-refractivity contribution in [2.75, 3.05) is 5.32 Å². The molecule has 1 saturated carbocycles. The Morgan fingerprint density at radius 1 is 1.30 bits per heavy atom. The Hall–Kier alpha value is -0.840. The van der Waals surface area contributed by atoms with Gasteiger partial charge in [0, 0.05) is 6.04 Å². The Morgan fingerprint density at radius 2 is 1.90 bits per heavy atom. The lowest BCUT2D eigenvalue weighted by molar-refractivity contribution is 0.280. The smallest absolute Gasteiger partial charge is 0.283 e. The summed E-state index contributed by atoms with van der Waals surface area (Å²) in [7, 11) is 0. The first kappa shape index (κ1) is 15.5. The van der Waals surface area contributed by atoms with Gasteiger partial charge >= 0.3 is 0 Å². The average Bonchev–Trinajstić information content (AvgIpc) is 2.33. The van der Waals surface area contributed by atoms with Crippen molar-refractivity contribution in [3.63, 3.8) is 0 Å². The molecule has 1 aromatic rings. The van der Waals surface area contributed by atoms with Crippen LogP contribution in [-0.4, -0.2) is 15.8 Å². The quantitative estimate of drug-likeness (QED) is 0.908. The monoisotopic (exact) mass is 341 g/mol. The second-order valence-electron chi connectivity index (χ2n) is 6.47. The van der Waals surface area contributed by atoms with Crippen LogP contribution in [0.1, 0.15) is 53.0 Å². The van der Waals surface area contributed by atoms with Gasteiger partial charge in [0.1, 0.15) is 4.47 Å². The molecule has 0 aromatic carbocycles. The van der Waals surface area contributed by atoms with Crippen molar-refractivity contribution in [2.45, 2.75) is 59.0 Å². The van der Waals surface area contributed by atoms with Crippen molar-refractivity contribution in [1.29, 1.82) is 0 Å². The minimum atomic E-state index is -0.0677. The molecule has 1 fully saturated rings. The summed E-state index contributed by atoms with van der Waals surface area (Å²) in [6, 6.07) is 0.503. The van der Waals surface area contributed by atoms with Gasteiger partial charge in [-0.25, -0.2) is 4.68 Å². The molecule has 0 spiro atoms. The van der Waals surface area contributed by atoms with Crippen LogP contribution in [-0.2, 0) is 0 Å². The number of aromatic nitrogens is 2. The Labute approximate surface area is 129 Å². The van der Waals surface area contributed by atoms with E-state index in [4.69, 9.17) is 0 Å². The molecule has 5 heteroatoms. The number of anilines is 1. The van der Waals surface area contributed by atoms with Gasteiger partial charge in [-0.3, -0.25) is 4.79 Å². The largest absolute Gasteiger partial charge is 0.380 e. The molecule has 20 heavy (non-hydrogen) atoms. The first-order chi connectivity index (χ1) is 9.38. The Kier molecular flexibility index (Phi) is 4.89. The van der Waals surface area contributed by atoms with E-state index in [1.807, 2.05) is 13.8 Å². The van der Waals surface area contributed by atoms with Gasteiger partial charge in [0.15, 0.2) is 0 Å². The maximum Gasteiger partial charge on any atom is 0.283 e. The zero-order valence-electron chi connectivity index (χ0n) is 12.7. The molecule has 1 N–H and O–H groups in total. The van der Waals surface area contributed by atoms with Gasteiger partial charge in [-0.05, 0) is 60.9 Å². The molecule has 0 saturated heterocycles. The molecule has 1 heterocycles. The summed E-state index contributed by atoms with van der Waals surface area (Å²) in [4.78, 5) is 12.2. The fourth-order valence-corrected chi connectivity index (χ4v) is 3.60. The minimum absolute atomic E-state index is 0.0677. The van der Waals surface area contributed by atoms with Crippen LogP contribution in [0.15, 0.2) is 15.5 Å². The summed E-state index contributed by atoms with van der Waals surface area (Å²) >= 11 is 3.42. The first-order valence-electron chi connectivity index (χ1n) is 7.42. The maximum absolute atomic E-state index is 12.2. The number of hydrogen-bond donors (Lipinski definition) is 1. The van der Waals surface area contributed by atoms with Crippen LogP contribution in [0.3, 0.4) is 0 Å². The molecule has 112 valence electrons. The van der Waals surface area contributed by atoms with Crippen LogP contribution in [0, 0.1) is 11.8 Å². The van der Waals surface area contributed by atoms with Crippen LogP contribution >= 0.6 is 15.9 Å². The number of halogens is 1. The highest BCUT2D eigenvalue weighted by molar-refractivity contribution is 9.10. The van der Waals surface area contributed by atoms with Gasteiger partial charge in [0.05, 0.1) is 17.9 Å². The van der Waals surface area contributed by atoms with Crippen molar-refractivity contribution in [1.82, 2.24) is 9.78 Å². The fourth-order valence-electron chi connectivity index (χ4n) is 3.20. The SMILES string of the molecule is CC1CC(C)CC(Nc2cnn(C(C)C)c(=O)c2Br)C1. The molecule has 2 rings (SSSR count). The van der Waals surface area contributed by atoms with Crippen molar-refractivity contribution in [2.24, 2.45) is 11.8 Å². The first-order valence-corrected chi connectivity index (χ1v) is 8.21. The minimum Gasteiger partial charge on any atom is -0.380 e. The van der Waals surface area contributed by atoms with E-state index in [0.717, 1.165) is 30.4 Å². The molecule has 1 aliphatic rings. The lowest BCUT2D eigenvalue weighted by atomic mass is 9.80. The van der Waals surface area contributed by atoms with E-state index >= 15 is 0 Å². The second kappa shape index (κ2) is 6.29. The van der Waals surface area contributed by atoms with Gasteiger partial charge in [0.2, 0.25) is 0 Å². The zero-order chi connectivity index (χ0) is 14.9. The molecular formula is C15H24BrN3O. The van der Waals surface area contributed by atoms with E-state index in [1.165, 1.54) is 11.1 Å². The van der Waals surface area contributed by atoms with Crippen LogP contribution in [0.2, 0.25) is 0 Å². The molecule has 2 atom stereocenters. The third kappa shape index (κ3) is 3.43. The number of nitrogens with zero attached hydrogens (tertiary/aromatic N) is 2. The van der Waals surface area contributed by atoms with Crippen LogP contribution < -0.4 is 10.9 Å². The number of nitrogens with one attached hydrogen (secondary N) is 1. The molecule has 0 aliphatic heterocycles.